The Kier molecular flexibility index (Phi) is 13.7. The number of halogens is 6. The molecule has 1 aromatic carbocycles. The smallest absolute Gasteiger partial charge is 0.475 e. The van der Waals surface area contributed by atoms with E-state index in [2.05, 4.69) is 10.3 Å². The summed E-state index contributed by atoms with van der Waals surface area (Å²) in [5, 5.41) is 13.0. The number of imide groups is 1. The van der Waals surface area contributed by atoms with Crippen LogP contribution < -0.4 is 10.6 Å². The molecule has 0 fully saturated rings. The van der Waals surface area contributed by atoms with Gasteiger partial charge in [-0.05, 0) is 36.3 Å². The van der Waals surface area contributed by atoms with Crippen LogP contribution in [0.1, 0.15) is 18.4 Å². The van der Waals surface area contributed by atoms with Gasteiger partial charge in [-0.15, -0.1) is 0 Å². The molecular formula is C23H25F6N3O7S2. The van der Waals surface area contributed by atoms with E-state index in [-0.39, 0.29) is 25.1 Å². The van der Waals surface area contributed by atoms with Crippen LogP contribution in [0.5, 0.6) is 0 Å². The van der Waals surface area contributed by atoms with Gasteiger partial charge in [0.25, 0.3) is 0 Å². The number of carbonyl (C=O) groups excluding carboxylic acids is 3. The fourth-order valence-electron chi connectivity index (χ4n) is 2.92. The molecule has 0 saturated heterocycles. The molecule has 0 aliphatic heterocycles. The average molecular weight is 634 g/mol. The molecule has 1 aromatic heterocycles. The summed E-state index contributed by atoms with van der Waals surface area (Å²) in [7, 11) is -3.64. The number of aliphatic carboxylic acids is 1. The van der Waals surface area contributed by atoms with Crippen molar-refractivity contribution in [1.29, 1.82) is 0 Å². The van der Waals surface area contributed by atoms with E-state index in [0.717, 1.165) is 34.5 Å². The van der Waals surface area contributed by atoms with Crippen LogP contribution in [0.15, 0.2) is 36.5 Å². The number of benzene rings is 1. The number of para-hydroxylation sites is 1. The Balaban J connectivity index is 0.00000106. The van der Waals surface area contributed by atoms with Gasteiger partial charge < -0.3 is 10.4 Å². The molecule has 0 spiro atoms. The SMILES string of the molecule is CS(=O)(=O)CC(=O)NC(=O)[C@H](CCCSCC(=O)C(F)(F)F)NCc1cnc2ccccc2c1.O=C(O)C(F)(F)F. The molecule has 10 nitrogen and oxygen atoms in total. The number of amides is 2. The molecule has 18 heteroatoms. The standard InChI is InChI=1S/C21H24F3N3O5S2.C2HF3O2/c1-34(31,32)13-19(29)27-20(30)17(7-4-8-33-12-18(28)21(22,23)24)26-11-14-9-15-5-2-3-6-16(15)25-10-14;3-2(4,5)1(6)7/h2-3,5-6,9-10,17,26H,4,7-8,11-13H2,1H3,(H,27,29,30);(H,6,7)/t17-;/m0./s1. The predicted molar refractivity (Wildman–Crippen MR) is 137 cm³/mol. The molecule has 0 unspecified atom stereocenters. The van der Waals surface area contributed by atoms with Crippen molar-refractivity contribution in [3.8, 4) is 0 Å². The molecule has 2 aromatic rings. The van der Waals surface area contributed by atoms with E-state index in [9.17, 15) is 49.1 Å². The highest BCUT2D eigenvalue weighted by atomic mass is 32.2. The van der Waals surface area contributed by atoms with Crippen LogP contribution in [-0.4, -0.2) is 84.0 Å². The molecule has 0 saturated carbocycles. The predicted octanol–water partition coefficient (Wildman–Crippen LogP) is 2.66. The van der Waals surface area contributed by atoms with Crippen LogP contribution in [0.2, 0.25) is 0 Å². The first kappa shape index (κ1) is 35.8. The van der Waals surface area contributed by atoms with Crippen molar-refractivity contribution in [1.82, 2.24) is 15.6 Å². The van der Waals surface area contributed by atoms with Crippen molar-refractivity contribution in [2.45, 2.75) is 37.8 Å². The van der Waals surface area contributed by atoms with E-state index in [1.807, 2.05) is 35.6 Å². The van der Waals surface area contributed by atoms with Crippen LogP contribution in [0, 0.1) is 0 Å². The molecule has 41 heavy (non-hydrogen) atoms. The number of Topliss-reactive ketones (excluding diaryl/α,β-unsaturated/α-hetero) is 1. The Labute approximate surface area is 234 Å². The molecule has 228 valence electrons. The fraction of sp³-hybridized carbons (Fsp3) is 0.435. The Morgan fingerprint density at radius 3 is 2.22 bits per heavy atom. The number of carboxylic acid groups (broad SMARTS) is 1. The molecule has 3 N–H and O–H groups in total. The van der Waals surface area contributed by atoms with E-state index in [0.29, 0.717) is 0 Å². The number of thioether (sulfide) groups is 1. The first-order chi connectivity index (χ1) is 18.8. The number of ketones is 1. The van der Waals surface area contributed by atoms with Gasteiger partial charge in [0.05, 0.1) is 17.3 Å². The van der Waals surface area contributed by atoms with Gasteiger partial charge in [0.1, 0.15) is 5.75 Å². The number of pyridine rings is 1. The van der Waals surface area contributed by atoms with E-state index in [4.69, 9.17) is 9.90 Å². The average Bonchev–Trinajstić information content (AvgIpc) is 2.83. The number of rotatable bonds is 12. The number of alkyl halides is 6. The van der Waals surface area contributed by atoms with Gasteiger partial charge in [-0.3, -0.25) is 24.7 Å². The van der Waals surface area contributed by atoms with Gasteiger partial charge >= 0.3 is 18.3 Å². The van der Waals surface area contributed by atoms with Crippen LogP contribution in [-0.2, 0) is 35.6 Å². The van der Waals surface area contributed by atoms with Crippen molar-refractivity contribution < 1.29 is 59.0 Å². The second kappa shape index (κ2) is 15.7. The first-order valence-electron chi connectivity index (χ1n) is 11.4. The third-order valence-electron chi connectivity index (χ3n) is 4.75. The summed E-state index contributed by atoms with van der Waals surface area (Å²) in [4.78, 5) is 48.6. The minimum atomic E-state index is -5.08. The van der Waals surface area contributed by atoms with E-state index < -0.39 is 63.3 Å². The van der Waals surface area contributed by atoms with E-state index >= 15 is 0 Å². The molecule has 0 bridgehead atoms. The number of hydrogen-bond donors (Lipinski definition) is 3. The highest BCUT2D eigenvalue weighted by Crippen LogP contribution is 2.19. The lowest BCUT2D eigenvalue weighted by Gasteiger charge is -2.18. The number of nitrogens with zero attached hydrogens (tertiary/aromatic N) is 1. The molecule has 0 aliphatic rings. The molecule has 1 heterocycles. The van der Waals surface area contributed by atoms with Crippen molar-refractivity contribution >= 4 is 56.1 Å². The molecule has 2 rings (SSSR count). The van der Waals surface area contributed by atoms with Gasteiger partial charge in [0, 0.05) is 24.4 Å². The molecule has 1 atom stereocenters. The zero-order valence-electron chi connectivity index (χ0n) is 21.2. The molecule has 0 aliphatic carbocycles. The quantitative estimate of drug-likeness (QED) is 0.234. The third-order valence-corrected chi connectivity index (χ3v) is 6.58. The number of sulfone groups is 1. The van der Waals surface area contributed by atoms with Crippen molar-refractivity contribution in [2.75, 3.05) is 23.5 Å². The van der Waals surface area contributed by atoms with Gasteiger partial charge in [-0.2, -0.15) is 38.1 Å². The first-order valence-corrected chi connectivity index (χ1v) is 14.6. The summed E-state index contributed by atoms with van der Waals surface area (Å²) >= 11 is 0.794. The zero-order chi connectivity index (χ0) is 31.4. The normalized spacial score (nSPS) is 12.7. The number of carboxylic acids is 1. The number of hydrogen-bond acceptors (Lipinski definition) is 9. The fourth-order valence-corrected chi connectivity index (χ4v) is 4.33. The molecular weight excluding hydrogens is 608 g/mol. The van der Waals surface area contributed by atoms with Crippen LogP contribution in [0.3, 0.4) is 0 Å². The lowest BCUT2D eigenvalue weighted by molar-refractivity contribution is -0.192. The van der Waals surface area contributed by atoms with Gasteiger partial charge in [0.2, 0.25) is 17.6 Å². The van der Waals surface area contributed by atoms with Crippen molar-refractivity contribution in [3.05, 3.63) is 42.1 Å². The second-order valence-corrected chi connectivity index (χ2v) is 11.6. The Morgan fingerprint density at radius 2 is 1.66 bits per heavy atom. The topological polar surface area (TPSA) is 160 Å². The van der Waals surface area contributed by atoms with Crippen LogP contribution in [0.25, 0.3) is 10.9 Å². The molecule has 0 radical (unpaired) electrons. The minimum absolute atomic E-state index is 0.145. The van der Waals surface area contributed by atoms with Crippen molar-refractivity contribution in [3.63, 3.8) is 0 Å². The highest BCUT2D eigenvalue weighted by Gasteiger charge is 2.38. The van der Waals surface area contributed by atoms with Gasteiger partial charge in [-0.1, -0.05) is 18.2 Å². The van der Waals surface area contributed by atoms with Crippen molar-refractivity contribution in [2.24, 2.45) is 0 Å². The molecule has 2 amide bonds. The van der Waals surface area contributed by atoms with E-state index in [1.165, 1.54) is 0 Å². The Morgan fingerprint density at radius 1 is 1.05 bits per heavy atom. The van der Waals surface area contributed by atoms with Gasteiger partial charge in [-0.25, -0.2) is 13.2 Å². The largest absolute Gasteiger partial charge is 0.490 e. The number of fused-ring (bicyclic) bond motifs is 1. The van der Waals surface area contributed by atoms with Gasteiger partial charge in [0.15, 0.2) is 9.84 Å². The third kappa shape index (κ3) is 14.8. The summed E-state index contributed by atoms with van der Waals surface area (Å²) in [6.07, 6.45) is -7.06. The summed E-state index contributed by atoms with van der Waals surface area (Å²) in [6.45, 7) is 0.204. The maximum atomic E-state index is 12.6. The number of nitrogens with one attached hydrogen (secondary N) is 2. The second-order valence-electron chi connectivity index (χ2n) is 8.37. The lowest BCUT2D eigenvalue weighted by Crippen LogP contribution is -2.47. The maximum absolute atomic E-state index is 12.6. The van der Waals surface area contributed by atoms with E-state index in [1.54, 1.807) is 6.20 Å². The summed E-state index contributed by atoms with van der Waals surface area (Å²) in [6, 6.07) is 8.37. The summed E-state index contributed by atoms with van der Waals surface area (Å²) in [5.41, 5.74) is 1.54. The summed E-state index contributed by atoms with van der Waals surface area (Å²) < 4.78 is 91.1. The number of aromatic nitrogens is 1. The van der Waals surface area contributed by atoms with Crippen LogP contribution in [0.4, 0.5) is 26.3 Å². The zero-order valence-corrected chi connectivity index (χ0v) is 22.8. The van der Waals surface area contributed by atoms with Crippen LogP contribution >= 0.6 is 11.8 Å². The summed E-state index contributed by atoms with van der Waals surface area (Å²) in [5.74, 6) is -7.70. The monoisotopic (exact) mass is 633 g/mol. The minimum Gasteiger partial charge on any atom is -0.475 e. The Hall–Kier alpha value is -3.25. The lowest BCUT2D eigenvalue weighted by atomic mass is 10.1. The maximum Gasteiger partial charge on any atom is 0.490 e. The number of carbonyl (C=O) groups is 4. The highest BCUT2D eigenvalue weighted by molar-refractivity contribution is 7.99. The Bertz CT molecular complexity index is 1340.